The number of benzene rings is 1. The van der Waals surface area contributed by atoms with E-state index in [1.807, 2.05) is 30.3 Å². The van der Waals surface area contributed by atoms with Gasteiger partial charge in [0, 0.05) is 13.0 Å². The van der Waals surface area contributed by atoms with Crippen LogP contribution in [0.1, 0.15) is 30.3 Å². The molecule has 0 spiro atoms. The van der Waals surface area contributed by atoms with E-state index >= 15 is 0 Å². The Morgan fingerprint density at radius 1 is 1.25 bits per heavy atom. The molecule has 1 heterocycles. The van der Waals surface area contributed by atoms with Gasteiger partial charge in [-0.25, -0.2) is 4.79 Å². The zero-order chi connectivity index (χ0) is 14.2. The molecule has 0 saturated carbocycles. The molecule has 0 aliphatic heterocycles. The van der Waals surface area contributed by atoms with Crippen molar-refractivity contribution in [2.75, 3.05) is 11.9 Å². The van der Waals surface area contributed by atoms with Crippen molar-refractivity contribution >= 4 is 22.5 Å². The Morgan fingerprint density at radius 3 is 2.80 bits per heavy atom. The lowest BCUT2D eigenvalue weighted by Crippen LogP contribution is -2.29. The molecule has 0 atom stereocenters. The maximum Gasteiger partial charge on any atom is 0.321 e. The third-order valence-corrected chi connectivity index (χ3v) is 3.54. The van der Waals surface area contributed by atoms with Gasteiger partial charge in [-0.05, 0) is 12.0 Å². The summed E-state index contributed by atoms with van der Waals surface area (Å²) in [6.45, 7) is 2.76. The number of hydrogen-bond donors (Lipinski definition) is 2. The largest absolute Gasteiger partial charge is 0.338 e. The Hall–Kier alpha value is -1.95. The second kappa shape index (κ2) is 7.59. The lowest BCUT2D eigenvalue weighted by atomic mass is 10.2. The fourth-order valence-electron chi connectivity index (χ4n) is 1.67. The van der Waals surface area contributed by atoms with Gasteiger partial charge in [0.2, 0.25) is 5.13 Å². The van der Waals surface area contributed by atoms with E-state index < -0.39 is 0 Å². The lowest BCUT2D eigenvalue weighted by molar-refractivity contribution is 0.252. The van der Waals surface area contributed by atoms with Crippen LogP contribution < -0.4 is 10.6 Å². The van der Waals surface area contributed by atoms with Crippen molar-refractivity contribution in [2.45, 2.75) is 26.2 Å². The van der Waals surface area contributed by atoms with Crippen LogP contribution in [0.3, 0.4) is 0 Å². The smallest absolute Gasteiger partial charge is 0.321 e. The highest BCUT2D eigenvalue weighted by atomic mass is 32.1. The van der Waals surface area contributed by atoms with E-state index in [4.69, 9.17) is 0 Å². The Bertz CT molecular complexity index is 541. The van der Waals surface area contributed by atoms with Crippen molar-refractivity contribution in [2.24, 2.45) is 0 Å². The van der Waals surface area contributed by atoms with Gasteiger partial charge in [-0.3, -0.25) is 5.32 Å². The van der Waals surface area contributed by atoms with E-state index in [1.54, 1.807) is 0 Å². The minimum Gasteiger partial charge on any atom is -0.338 e. The monoisotopic (exact) mass is 290 g/mol. The van der Waals surface area contributed by atoms with E-state index in [2.05, 4.69) is 27.8 Å². The number of hydrogen-bond acceptors (Lipinski definition) is 4. The average molecular weight is 290 g/mol. The zero-order valence-corrected chi connectivity index (χ0v) is 12.2. The number of amides is 2. The maximum atomic E-state index is 11.6. The molecule has 0 aliphatic rings. The van der Waals surface area contributed by atoms with Gasteiger partial charge in [-0.15, -0.1) is 10.2 Å². The number of unbranched alkanes of at least 4 members (excludes halogenated alkanes) is 1. The average Bonchev–Trinajstić information content (AvgIpc) is 2.87. The number of carbonyl (C=O) groups is 1. The quantitative estimate of drug-likeness (QED) is 0.804. The van der Waals surface area contributed by atoms with E-state index in [0.717, 1.165) is 24.3 Å². The minimum absolute atomic E-state index is 0.221. The molecule has 0 radical (unpaired) electrons. The molecular weight excluding hydrogens is 272 g/mol. The first-order valence-corrected chi connectivity index (χ1v) is 7.50. The van der Waals surface area contributed by atoms with Crippen LogP contribution in [0.4, 0.5) is 9.93 Å². The second-order valence-electron chi connectivity index (χ2n) is 4.40. The van der Waals surface area contributed by atoms with Crippen LogP contribution >= 0.6 is 11.3 Å². The van der Waals surface area contributed by atoms with E-state index in [-0.39, 0.29) is 6.03 Å². The number of nitrogens with one attached hydrogen (secondary N) is 2. The summed E-state index contributed by atoms with van der Waals surface area (Å²) >= 11 is 1.40. The van der Waals surface area contributed by atoms with Crippen molar-refractivity contribution in [1.82, 2.24) is 15.5 Å². The summed E-state index contributed by atoms with van der Waals surface area (Å²) in [5.74, 6) is 0. The predicted molar refractivity (Wildman–Crippen MR) is 81.1 cm³/mol. The molecule has 20 heavy (non-hydrogen) atoms. The van der Waals surface area contributed by atoms with Crippen molar-refractivity contribution in [3.63, 3.8) is 0 Å². The van der Waals surface area contributed by atoms with Gasteiger partial charge in [0.1, 0.15) is 5.01 Å². The molecule has 2 rings (SSSR count). The number of rotatable bonds is 6. The Labute approximate surface area is 122 Å². The van der Waals surface area contributed by atoms with E-state index in [0.29, 0.717) is 11.7 Å². The predicted octanol–water partition coefficient (Wildman–Crippen LogP) is 3.05. The summed E-state index contributed by atoms with van der Waals surface area (Å²) in [5, 5.41) is 15.0. The highest BCUT2D eigenvalue weighted by Gasteiger charge is 2.07. The van der Waals surface area contributed by atoms with Crippen LogP contribution in [0.25, 0.3) is 0 Å². The molecule has 0 saturated heterocycles. The molecule has 0 fully saturated rings. The normalized spacial score (nSPS) is 10.2. The molecule has 2 aromatic rings. The fraction of sp³-hybridized carbons (Fsp3) is 0.357. The van der Waals surface area contributed by atoms with Crippen molar-refractivity contribution in [3.05, 3.63) is 40.9 Å². The van der Waals surface area contributed by atoms with Crippen molar-refractivity contribution < 1.29 is 4.79 Å². The number of carbonyl (C=O) groups excluding carboxylic acids is 1. The summed E-state index contributed by atoms with van der Waals surface area (Å²) in [7, 11) is 0. The van der Waals surface area contributed by atoms with Gasteiger partial charge in [0.05, 0.1) is 0 Å². The number of aromatic nitrogens is 2. The molecule has 5 nitrogen and oxygen atoms in total. The number of nitrogens with zero attached hydrogens (tertiary/aromatic N) is 2. The zero-order valence-electron chi connectivity index (χ0n) is 11.4. The highest BCUT2D eigenvalue weighted by molar-refractivity contribution is 7.15. The Morgan fingerprint density at radius 2 is 2.05 bits per heavy atom. The van der Waals surface area contributed by atoms with Gasteiger partial charge in [-0.2, -0.15) is 0 Å². The number of anilines is 1. The third-order valence-electron chi connectivity index (χ3n) is 2.70. The Balaban J connectivity index is 1.84. The van der Waals surface area contributed by atoms with Gasteiger partial charge >= 0.3 is 6.03 Å². The third kappa shape index (κ3) is 4.62. The van der Waals surface area contributed by atoms with Crippen molar-refractivity contribution in [3.8, 4) is 0 Å². The van der Waals surface area contributed by atoms with Crippen LogP contribution in [-0.2, 0) is 6.42 Å². The highest BCUT2D eigenvalue weighted by Crippen LogP contribution is 2.18. The minimum atomic E-state index is -0.221. The van der Waals surface area contributed by atoms with Gasteiger partial charge in [0.15, 0.2) is 0 Å². The van der Waals surface area contributed by atoms with Gasteiger partial charge in [0.25, 0.3) is 0 Å². The molecule has 2 N–H and O–H groups in total. The van der Waals surface area contributed by atoms with E-state index in [1.165, 1.54) is 16.9 Å². The molecule has 106 valence electrons. The first kappa shape index (κ1) is 14.5. The summed E-state index contributed by atoms with van der Waals surface area (Å²) in [6.07, 6.45) is 2.76. The molecule has 6 heteroatoms. The summed E-state index contributed by atoms with van der Waals surface area (Å²) < 4.78 is 0. The fourth-order valence-corrected chi connectivity index (χ4v) is 2.44. The lowest BCUT2D eigenvalue weighted by Gasteiger charge is -2.03. The molecular formula is C14H18N4OS. The standard InChI is InChI=1S/C14H18N4OS/c1-2-3-9-15-13(19)16-14-18-17-12(20-14)10-11-7-5-4-6-8-11/h4-8H,2-3,9-10H2,1H3,(H2,15,16,18,19). The second-order valence-corrected chi connectivity index (χ2v) is 5.46. The van der Waals surface area contributed by atoms with Crippen LogP contribution in [0.2, 0.25) is 0 Å². The van der Waals surface area contributed by atoms with Crippen LogP contribution in [0.5, 0.6) is 0 Å². The molecule has 1 aromatic carbocycles. The Kier molecular flexibility index (Phi) is 5.49. The van der Waals surface area contributed by atoms with Crippen molar-refractivity contribution in [1.29, 1.82) is 0 Å². The summed E-state index contributed by atoms with van der Waals surface area (Å²) in [4.78, 5) is 11.6. The topological polar surface area (TPSA) is 66.9 Å². The summed E-state index contributed by atoms with van der Waals surface area (Å²) in [5.41, 5.74) is 1.18. The first-order chi connectivity index (χ1) is 9.78. The summed E-state index contributed by atoms with van der Waals surface area (Å²) in [6, 6.07) is 9.85. The SMILES string of the molecule is CCCCNC(=O)Nc1nnc(Cc2ccccc2)s1. The number of urea groups is 1. The van der Waals surface area contributed by atoms with Crippen LogP contribution in [0, 0.1) is 0 Å². The van der Waals surface area contributed by atoms with E-state index in [9.17, 15) is 4.79 Å². The molecule has 0 unspecified atom stereocenters. The van der Waals surface area contributed by atoms with Crippen LogP contribution in [0.15, 0.2) is 30.3 Å². The van der Waals surface area contributed by atoms with Crippen LogP contribution in [-0.4, -0.2) is 22.8 Å². The first-order valence-electron chi connectivity index (χ1n) is 6.69. The molecule has 0 bridgehead atoms. The maximum absolute atomic E-state index is 11.6. The molecule has 2 amide bonds. The molecule has 1 aromatic heterocycles. The molecule has 0 aliphatic carbocycles. The van der Waals surface area contributed by atoms with Gasteiger partial charge < -0.3 is 5.32 Å². The van der Waals surface area contributed by atoms with Gasteiger partial charge in [-0.1, -0.05) is 55.0 Å².